The first-order chi connectivity index (χ1) is 8.58. The Morgan fingerprint density at radius 3 is 2.61 bits per heavy atom. The van der Waals surface area contributed by atoms with Crippen molar-refractivity contribution < 1.29 is 9.72 Å². The summed E-state index contributed by atoms with van der Waals surface area (Å²) in [6.07, 6.45) is 0.0457. The Morgan fingerprint density at radius 1 is 1.28 bits per heavy atom. The van der Waals surface area contributed by atoms with Crippen molar-refractivity contribution in [3.8, 4) is 0 Å². The molecule has 1 heterocycles. The van der Waals surface area contributed by atoms with E-state index < -0.39 is 4.92 Å². The van der Waals surface area contributed by atoms with Gasteiger partial charge in [-0.2, -0.15) is 0 Å². The number of halogens is 1. The maximum absolute atomic E-state index is 12.0. The molecule has 2 rings (SSSR count). The van der Waals surface area contributed by atoms with Gasteiger partial charge < -0.3 is 0 Å². The van der Waals surface area contributed by atoms with E-state index in [2.05, 4.69) is 15.9 Å². The van der Waals surface area contributed by atoms with Gasteiger partial charge in [-0.15, -0.1) is 11.3 Å². The minimum atomic E-state index is -0.465. The Hall–Kier alpha value is -1.53. The molecule has 6 heteroatoms. The van der Waals surface area contributed by atoms with Crippen LogP contribution in [0.1, 0.15) is 15.2 Å². The lowest BCUT2D eigenvalue weighted by molar-refractivity contribution is -0.385. The van der Waals surface area contributed by atoms with Crippen LogP contribution in [0.3, 0.4) is 0 Å². The predicted molar refractivity (Wildman–Crippen MR) is 73.1 cm³/mol. The van der Waals surface area contributed by atoms with Gasteiger partial charge in [0.25, 0.3) is 5.69 Å². The fraction of sp³-hybridized carbons (Fsp3) is 0.0833. The van der Waals surface area contributed by atoms with E-state index in [0.717, 1.165) is 3.79 Å². The third kappa shape index (κ3) is 2.83. The van der Waals surface area contributed by atoms with Crippen molar-refractivity contribution in [2.45, 2.75) is 6.42 Å². The normalized spacial score (nSPS) is 10.3. The zero-order chi connectivity index (χ0) is 13.1. The molecule has 0 atom stereocenters. The Labute approximate surface area is 116 Å². The summed E-state index contributed by atoms with van der Waals surface area (Å²) in [5, 5.41) is 10.8. The molecule has 2 aromatic rings. The summed E-state index contributed by atoms with van der Waals surface area (Å²) in [6.45, 7) is 0. The topological polar surface area (TPSA) is 60.2 Å². The van der Waals surface area contributed by atoms with Crippen LogP contribution >= 0.6 is 27.3 Å². The molecule has 0 saturated heterocycles. The number of hydrogen-bond donors (Lipinski definition) is 0. The van der Waals surface area contributed by atoms with Crippen LogP contribution in [0, 0.1) is 10.1 Å². The molecule has 92 valence electrons. The molecule has 0 amide bonds. The monoisotopic (exact) mass is 325 g/mol. The maximum atomic E-state index is 12.0. The molecule has 0 fully saturated rings. The average Bonchev–Trinajstić information content (AvgIpc) is 2.76. The summed E-state index contributed by atoms with van der Waals surface area (Å²) >= 11 is 4.61. The van der Waals surface area contributed by atoms with E-state index in [1.807, 2.05) is 0 Å². The SMILES string of the molecule is O=C(Cc1ccccc1[N+](=O)[O-])c1ccc(Br)s1. The number of rotatable bonds is 4. The molecule has 0 aliphatic rings. The summed E-state index contributed by atoms with van der Waals surface area (Å²) in [5.41, 5.74) is 0.429. The quantitative estimate of drug-likeness (QED) is 0.487. The molecule has 0 unspecified atom stereocenters. The first-order valence-corrected chi connectivity index (χ1v) is 6.69. The van der Waals surface area contributed by atoms with Gasteiger partial charge in [-0.1, -0.05) is 18.2 Å². The summed E-state index contributed by atoms with van der Waals surface area (Å²) < 4.78 is 0.869. The molecule has 0 aliphatic carbocycles. The number of nitro benzene ring substituents is 1. The molecular formula is C12H8BrNO3S. The average molecular weight is 326 g/mol. The van der Waals surface area contributed by atoms with Crippen molar-refractivity contribution in [3.05, 3.63) is 60.7 Å². The number of para-hydroxylation sites is 1. The maximum Gasteiger partial charge on any atom is 0.273 e. The lowest BCUT2D eigenvalue weighted by Crippen LogP contribution is -2.04. The van der Waals surface area contributed by atoms with Crippen molar-refractivity contribution in [1.82, 2.24) is 0 Å². The fourth-order valence-corrected chi connectivity index (χ4v) is 2.89. The Bertz CT molecular complexity index is 609. The van der Waals surface area contributed by atoms with Gasteiger partial charge in [0.2, 0.25) is 0 Å². The van der Waals surface area contributed by atoms with Gasteiger partial charge in [-0.25, -0.2) is 0 Å². The highest BCUT2D eigenvalue weighted by Crippen LogP contribution is 2.25. The van der Waals surface area contributed by atoms with Crippen molar-refractivity contribution in [1.29, 1.82) is 0 Å². The molecule has 18 heavy (non-hydrogen) atoms. The molecule has 0 bridgehead atoms. The molecule has 0 saturated carbocycles. The molecule has 1 aromatic heterocycles. The lowest BCUT2D eigenvalue weighted by atomic mass is 10.1. The van der Waals surface area contributed by atoms with Crippen LogP contribution in [0.5, 0.6) is 0 Å². The van der Waals surface area contributed by atoms with Crippen molar-refractivity contribution in [2.75, 3.05) is 0 Å². The van der Waals surface area contributed by atoms with Crippen LogP contribution in [-0.4, -0.2) is 10.7 Å². The highest BCUT2D eigenvalue weighted by atomic mass is 79.9. The highest BCUT2D eigenvalue weighted by Gasteiger charge is 2.17. The second kappa shape index (κ2) is 5.41. The second-order valence-corrected chi connectivity index (χ2v) is 6.05. The Morgan fingerprint density at radius 2 is 2.00 bits per heavy atom. The summed E-state index contributed by atoms with van der Waals surface area (Å²) in [5.74, 6) is -0.111. The predicted octanol–water partition coefficient (Wildman–Crippen LogP) is 3.84. The second-order valence-electron chi connectivity index (χ2n) is 3.59. The van der Waals surface area contributed by atoms with Gasteiger partial charge in [0.1, 0.15) is 0 Å². The first-order valence-electron chi connectivity index (χ1n) is 5.09. The van der Waals surface area contributed by atoms with E-state index in [1.165, 1.54) is 17.4 Å². The van der Waals surface area contributed by atoms with Crippen LogP contribution in [0.25, 0.3) is 0 Å². The third-order valence-electron chi connectivity index (χ3n) is 2.39. The number of thiophene rings is 1. The van der Waals surface area contributed by atoms with E-state index >= 15 is 0 Å². The van der Waals surface area contributed by atoms with E-state index in [1.54, 1.807) is 30.3 Å². The van der Waals surface area contributed by atoms with E-state index in [0.29, 0.717) is 10.4 Å². The molecule has 1 aromatic carbocycles. The van der Waals surface area contributed by atoms with Gasteiger partial charge >= 0.3 is 0 Å². The van der Waals surface area contributed by atoms with Crippen molar-refractivity contribution in [2.24, 2.45) is 0 Å². The molecule has 0 radical (unpaired) electrons. The lowest BCUT2D eigenvalue weighted by Gasteiger charge is -2.00. The van der Waals surface area contributed by atoms with Gasteiger partial charge in [-0.05, 0) is 28.1 Å². The molecular weight excluding hydrogens is 318 g/mol. The Kier molecular flexibility index (Phi) is 3.88. The number of nitro groups is 1. The number of ketones is 1. The van der Waals surface area contributed by atoms with Crippen LogP contribution in [-0.2, 0) is 6.42 Å². The number of Topliss-reactive ketones (excluding diaryl/α,β-unsaturated/α-hetero) is 1. The van der Waals surface area contributed by atoms with E-state index in [4.69, 9.17) is 0 Å². The minimum Gasteiger partial charge on any atom is -0.293 e. The zero-order valence-corrected chi connectivity index (χ0v) is 11.5. The molecule has 0 spiro atoms. The van der Waals surface area contributed by atoms with E-state index in [9.17, 15) is 14.9 Å². The van der Waals surface area contributed by atoms with Gasteiger partial charge in [-0.3, -0.25) is 14.9 Å². The molecule has 4 nitrogen and oxygen atoms in total. The van der Waals surface area contributed by atoms with Crippen LogP contribution < -0.4 is 0 Å². The highest BCUT2D eigenvalue weighted by molar-refractivity contribution is 9.11. The van der Waals surface area contributed by atoms with Gasteiger partial charge in [0.15, 0.2) is 5.78 Å². The molecule has 0 aliphatic heterocycles. The summed E-state index contributed by atoms with van der Waals surface area (Å²) in [7, 11) is 0. The fourth-order valence-electron chi connectivity index (χ4n) is 1.56. The number of carbonyl (C=O) groups excluding carboxylic acids is 1. The van der Waals surface area contributed by atoms with Gasteiger partial charge in [0, 0.05) is 18.1 Å². The van der Waals surface area contributed by atoms with Crippen LogP contribution in [0.15, 0.2) is 40.2 Å². The minimum absolute atomic E-state index is 0.0125. The number of carbonyl (C=O) groups is 1. The summed E-state index contributed by atoms with van der Waals surface area (Å²) in [6, 6.07) is 9.81. The Balaban J connectivity index is 2.24. The number of benzene rings is 1. The third-order valence-corrected chi connectivity index (χ3v) is 4.05. The standard InChI is InChI=1S/C12H8BrNO3S/c13-12-6-5-11(18-12)10(15)7-8-3-1-2-4-9(8)14(16)17/h1-6H,7H2. The summed E-state index contributed by atoms with van der Waals surface area (Å²) in [4.78, 5) is 22.9. The van der Waals surface area contributed by atoms with Crippen LogP contribution in [0.2, 0.25) is 0 Å². The smallest absolute Gasteiger partial charge is 0.273 e. The zero-order valence-electron chi connectivity index (χ0n) is 9.13. The first kappa shape index (κ1) is 12.9. The van der Waals surface area contributed by atoms with Crippen molar-refractivity contribution in [3.63, 3.8) is 0 Å². The molecule has 0 N–H and O–H groups in total. The number of nitrogens with zero attached hydrogens (tertiary/aromatic N) is 1. The number of hydrogen-bond acceptors (Lipinski definition) is 4. The van der Waals surface area contributed by atoms with Gasteiger partial charge in [0.05, 0.1) is 13.6 Å². The van der Waals surface area contributed by atoms with Crippen molar-refractivity contribution >= 4 is 38.7 Å². The van der Waals surface area contributed by atoms with Crippen LogP contribution in [0.4, 0.5) is 5.69 Å². The largest absolute Gasteiger partial charge is 0.293 e. The van der Waals surface area contributed by atoms with E-state index in [-0.39, 0.29) is 17.9 Å².